The topological polar surface area (TPSA) is 72.9 Å². The third kappa shape index (κ3) is 7.25. The van der Waals surface area contributed by atoms with Gasteiger partial charge in [-0.2, -0.15) is 0 Å². The highest BCUT2D eigenvalue weighted by atomic mass is 32.1. The molecule has 0 unspecified atom stereocenters. The maximum absolute atomic E-state index is 12.3. The summed E-state index contributed by atoms with van der Waals surface area (Å²) in [5.74, 6) is 2.23. The molecule has 7 nitrogen and oxygen atoms in total. The number of carbonyl (C=O) groups is 1. The van der Waals surface area contributed by atoms with E-state index in [1.165, 1.54) is 11.3 Å². The van der Waals surface area contributed by atoms with Crippen molar-refractivity contribution in [3.63, 3.8) is 0 Å². The van der Waals surface area contributed by atoms with Gasteiger partial charge >= 0.3 is 0 Å². The molecule has 3 rings (SSSR count). The van der Waals surface area contributed by atoms with E-state index in [1.54, 1.807) is 7.11 Å². The van der Waals surface area contributed by atoms with Gasteiger partial charge in [0.25, 0.3) is 0 Å². The first-order valence-corrected chi connectivity index (χ1v) is 11.3. The molecule has 0 aliphatic heterocycles. The number of aromatic nitrogens is 1. The Morgan fingerprint density at radius 2 is 1.78 bits per heavy atom. The predicted octanol–water partition coefficient (Wildman–Crippen LogP) is 4.56. The number of hydrogen-bond donors (Lipinski definition) is 1. The van der Waals surface area contributed by atoms with E-state index in [-0.39, 0.29) is 5.91 Å². The van der Waals surface area contributed by atoms with Gasteiger partial charge in [-0.1, -0.05) is 12.1 Å². The summed E-state index contributed by atoms with van der Waals surface area (Å²) >= 11 is 1.40. The highest BCUT2D eigenvalue weighted by Crippen LogP contribution is 2.32. The maximum atomic E-state index is 12.3. The predicted molar refractivity (Wildman–Crippen MR) is 128 cm³/mol. The van der Waals surface area contributed by atoms with E-state index < -0.39 is 0 Å². The van der Waals surface area contributed by atoms with Crippen LogP contribution in [0.4, 0.5) is 5.13 Å². The van der Waals surface area contributed by atoms with Gasteiger partial charge in [0.2, 0.25) is 5.91 Å². The minimum Gasteiger partial charge on any atom is -0.497 e. The molecule has 0 spiro atoms. The van der Waals surface area contributed by atoms with E-state index in [9.17, 15) is 4.79 Å². The molecule has 1 aromatic heterocycles. The summed E-state index contributed by atoms with van der Waals surface area (Å²) < 4.78 is 16.7. The fraction of sp³-hybridized carbons (Fsp3) is 0.333. The molecule has 170 valence electrons. The number of amides is 1. The van der Waals surface area contributed by atoms with E-state index in [2.05, 4.69) is 15.2 Å². The van der Waals surface area contributed by atoms with Crippen molar-refractivity contribution in [3.05, 3.63) is 53.9 Å². The summed E-state index contributed by atoms with van der Waals surface area (Å²) in [4.78, 5) is 18.9. The number of thiazole rings is 1. The van der Waals surface area contributed by atoms with Crippen molar-refractivity contribution in [3.8, 4) is 28.5 Å². The Kier molecular flexibility index (Phi) is 8.89. The number of rotatable bonds is 12. The molecule has 32 heavy (non-hydrogen) atoms. The molecule has 0 fully saturated rings. The van der Waals surface area contributed by atoms with Crippen LogP contribution in [0.25, 0.3) is 11.3 Å². The molecule has 1 amide bonds. The number of likely N-dealkylation sites (N-methyl/N-ethyl adjacent to an activating group) is 1. The molecular formula is C24H29N3O4S. The minimum absolute atomic E-state index is 0.0836. The SMILES string of the molecule is COc1ccc(OCCCC(=O)Nc2nc(-c3ccccc3OCCN(C)C)cs2)cc1. The average Bonchev–Trinajstić information content (AvgIpc) is 3.25. The molecule has 0 aliphatic rings. The second-order valence-electron chi connectivity index (χ2n) is 7.36. The van der Waals surface area contributed by atoms with Gasteiger partial charge in [0.1, 0.15) is 23.9 Å². The summed E-state index contributed by atoms with van der Waals surface area (Å²) in [6, 6.07) is 15.2. The Bertz CT molecular complexity index is 989. The van der Waals surface area contributed by atoms with Crippen LogP contribution >= 0.6 is 11.3 Å². The molecule has 0 atom stereocenters. The van der Waals surface area contributed by atoms with Crippen LogP contribution in [-0.4, -0.2) is 56.8 Å². The van der Waals surface area contributed by atoms with Crippen molar-refractivity contribution < 1.29 is 19.0 Å². The minimum atomic E-state index is -0.0836. The van der Waals surface area contributed by atoms with Crippen LogP contribution in [0.1, 0.15) is 12.8 Å². The zero-order valence-corrected chi connectivity index (χ0v) is 19.5. The summed E-state index contributed by atoms with van der Waals surface area (Å²) in [5.41, 5.74) is 1.70. The first-order valence-electron chi connectivity index (χ1n) is 10.4. The lowest BCUT2D eigenvalue weighted by atomic mass is 10.1. The van der Waals surface area contributed by atoms with Crippen LogP contribution in [0.5, 0.6) is 17.2 Å². The van der Waals surface area contributed by atoms with Crippen molar-refractivity contribution in [2.75, 3.05) is 46.3 Å². The molecule has 0 saturated heterocycles. The zero-order chi connectivity index (χ0) is 22.8. The van der Waals surface area contributed by atoms with Gasteiger partial charge in [0, 0.05) is 23.9 Å². The van der Waals surface area contributed by atoms with Gasteiger partial charge in [-0.15, -0.1) is 11.3 Å². The molecule has 0 bridgehead atoms. The quantitative estimate of drug-likeness (QED) is 0.404. The van der Waals surface area contributed by atoms with Crippen molar-refractivity contribution in [2.45, 2.75) is 12.8 Å². The van der Waals surface area contributed by atoms with Crippen LogP contribution in [-0.2, 0) is 4.79 Å². The summed E-state index contributed by atoms with van der Waals surface area (Å²) in [7, 11) is 5.64. The number of para-hydroxylation sites is 1. The Balaban J connectivity index is 1.47. The van der Waals surface area contributed by atoms with Gasteiger partial charge in [-0.25, -0.2) is 4.98 Å². The Morgan fingerprint density at radius 1 is 1.03 bits per heavy atom. The second-order valence-corrected chi connectivity index (χ2v) is 8.22. The Labute approximate surface area is 193 Å². The largest absolute Gasteiger partial charge is 0.497 e. The highest BCUT2D eigenvalue weighted by molar-refractivity contribution is 7.14. The molecule has 2 aromatic carbocycles. The molecular weight excluding hydrogens is 426 g/mol. The first-order chi connectivity index (χ1) is 15.5. The lowest BCUT2D eigenvalue weighted by Crippen LogP contribution is -2.19. The van der Waals surface area contributed by atoms with Crippen molar-refractivity contribution in [1.82, 2.24) is 9.88 Å². The molecule has 1 N–H and O–H groups in total. The standard InChI is InChI=1S/C24H29N3O4S/c1-27(2)14-16-31-22-8-5-4-7-20(22)21-17-32-24(25-21)26-23(28)9-6-15-30-19-12-10-18(29-3)11-13-19/h4-5,7-8,10-13,17H,6,9,14-16H2,1-3H3,(H,25,26,28). The normalized spacial score (nSPS) is 10.8. The third-order valence-corrected chi connectivity index (χ3v) is 5.34. The summed E-state index contributed by atoms with van der Waals surface area (Å²) in [5, 5.41) is 5.37. The van der Waals surface area contributed by atoms with Crippen molar-refractivity contribution in [1.29, 1.82) is 0 Å². The van der Waals surface area contributed by atoms with Gasteiger partial charge in [-0.3, -0.25) is 4.79 Å². The van der Waals surface area contributed by atoms with Crippen molar-refractivity contribution in [2.24, 2.45) is 0 Å². The van der Waals surface area contributed by atoms with Crippen LogP contribution in [0.15, 0.2) is 53.9 Å². The third-order valence-electron chi connectivity index (χ3n) is 4.59. The number of carbonyl (C=O) groups excluding carboxylic acids is 1. The molecule has 0 saturated carbocycles. The maximum Gasteiger partial charge on any atom is 0.226 e. The van der Waals surface area contributed by atoms with Gasteiger partial charge < -0.3 is 24.4 Å². The van der Waals surface area contributed by atoms with Crippen molar-refractivity contribution >= 4 is 22.4 Å². The number of hydrogen-bond acceptors (Lipinski definition) is 7. The van der Waals surface area contributed by atoms with Crippen LogP contribution < -0.4 is 19.5 Å². The number of nitrogens with zero attached hydrogens (tertiary/aromatic N) is 2. The van der Waals surface area contributed by atoms with E-state index in [0.29, 0.717) is 31.2 Å². The number of benzene rings is 2. The lowest BCUT2D eigenvalue weighted by Gasteiger charge is -2.13. The van der Waals surface area contributed by atoms with E-state index in [0.717, 1.165) is 35.1 Å². The Hall–Kier alpha value is -3.10. The number of nitrogens with one attached hydrogen (secondary N) is 1. The molecule has 0 aliphatic carbocycles. The fourth-order valence-corrected chi connectivity index (χ4v) is 3.60. The molecule has 0 radical (unpaired) electrons. The number of methoxy groups -OCH3 is 1. The molecule has 8 heteroatoms. The average molecular weight is 456 g/mol. The monoisotopic (exact) mass is 455 g/mol. The van der Waals surface area contributed by atoms with Gasteiger partial charge in [-0.05, 0) is 56.9 Å². The first kappa shape index (κ1) is 23.6. The van der Waals surface area contributed by atoms with Crippen LogP contribution in [0, 0.1) is 0 Å². The number of anilines is 1. The van der Waals surface area contributed by atoms with Gasteiger partial charge in [0.05, 0.1) is 19.4 Å². The van der Waals surface area contributed by atoms with E-state index >= 15 is 0 Å². The van der Waals surface area contributed by atoms with Gasteiger partial charge in [0.15, 0.2) is 5.13 Å². The van der Waals surface area contributed by atoms with E-state index in [4.69, 9.17) is 14.2 Å². The summed E-state index contributed by atoms with van der Waals surface area (Å²) in [6.45, 7) is 1.88. The molecule has 1 heterocycles. The second kappa shape index (κ2) is 12.1. The smallest absolute Gasteiger partial charge is 0.226 e. The highest BCUT2D eigenvalue weighted by Gasteiger charge is 2.12. The zero-order valence-electron chi connectivity index (χ0n) is 18.7. The lowest BCUT2D eigenvalue weighted by molar-refractivity contribution is -0.116. The summed E-state index contributed by atoms with van der Waals surface area (Å²) in [6.07, 6.45) is 0.966. The van der Waals surface area contributed by atoms with Crippen LogP contribution in [0.3, 0.4) is 0 Å². The van der Waals surface area contributed by atoms with E-state index in [1.807, 2.05) is 68.0 Å². The van der Waals surface area contributed by atoms with Crippen LogP contribution in [0.2, 0.25) is 0 Å². The fourth-order valence-electron chi connectivity index (χ4n) is 2.87. The molecule has 3 aromatic rings. The Morgan fingerprint density at radius 3 is 2.53 bits per heavy atom. The number of ether oxygens (including phenoxy) is 3.